The van der Waals surface area contributed by atoms with Crippen LogP contribution in [0.15, 0.2) is 29.6 Å². The van der Waals surface area contributed by atoms with Gasteiger partial charge in [-0.2, -0.15) is 0 Å². The second-order valence-electron chi connectivity index (χ2n) is 6.13. The van der Waals surface area contributed by atoms with Gasteiger partial charge in [-0.1, -0.05) is 23.7 Å². The number of hydrogen-bond acceptors (Lipinski definition) is 4. The zero-order valence-electron chi connectivity index (χ0n) is 13.7. The standard InChI is InChI=1S/C18H19ClN2O3S/c19-13-5-3-4-12(10-13)17-20-15(11-25-17)18(24)21-9-2-1-6-14(21)7-8-16(22)23/h3-5,10-11,14H,1-2,6-9H2,(H,22,23). The first-order chi connectivity index (χ1) is 12.0. The largest absolute Gasteiger partial charge is 0.481 e. The summed E-state index contributed by atoms with van der Waals surface area (Å²) in [6, 6.07) is 7.37. The van der Waals surface area contributed by atoms with Crippen LogP contribution in [0.2, 0.25) is 5.02 Å². The van der Waals surface area contributed by atoms with Crippen molar-refractivity contribution >= 4 is 34.8 Å². The molecule has 25 heavy (non-hydrogen) atoms. The first kappa shape index (κ1) is 17.9. The fourth-order valence-corrected chi connectivity index (χ4v) is 4.11. The van der Waals surface area contributed by atoms with E-state index in [1.54, 1.807) is 16.3 Å². The number of aliphatic carboxylic acids is 1. The van der Waals surface area contributed by atoms with Crippen molar-refractivity contribution in [1.82, 2.24) is 9.88 Å². The van der Waals surface area contributed by atoms with Crippen LogP contribution in [0.3, 0.4) is 0 Å². The number of likely N-dealkylation sites (tertiary alicyclic amines) is 1. The topological polar surface area (TPSA) is 70.5 Å². The van der Waals surface area contributed by atoms with Crippen molar-refractivity contribution in [3.05, 3.63) is 40.4 Å². The quantitative estimate of drug-likeness (QED) is 0.840. The Hall–Kier alpha value is -1.92. The van der Waals surface area contributed by atoms with E-state index in [1.165, 1.54) is 11.3 Å². The van der Waals surface area contributed by atoms with E-state index in [0.717, 1.165) is 29.8 Å². The predicted octanol–water partition coefficient (Wildman–Crippen LogP) is 4.32. The second kappa shape index (κ2) is 7.97. The predicted molar refractivity (Wildman–Crippen MR) is 98.1 cm³/mol. The van der Waals surface area contributed by atoms with Gasteiger partial charge in [-0.25, -0.2) is 4.98 Å². The van der Waals surface area contributed by atoms with Crippen LogP contribution in [0.1, 0.15) is 42.6 Å². The molecule has 7 heteroatoms. The third-order valence-electron chi connectivity index (χ3n) is 4.37. The minimum atomic E-state index is -0.824. The highest BCUT2D eigenvalue weighted by Gasteiger charge is 2.29. The van der Waals surface area contributed by atoms with Gasteiger partial charge in [0, 0.05) is 35.0 Å². The maximum atomic E-state index is 12.9. The molecule has 132 valence electrons. The van der Waals surface area contributed by atoms with E-state index < -0.39 is 5.97 Å². The summed E-state index contributed by atoms with van der Waals surface area (Å²) in [4.78, 5) is 30.0. The van der Waals surface area contributed by atoms with Gasteiger partial charge in [-0.05, 0) is 37.8 Å². The number of hydrogen-bond donors (Lipinski definition) is 1. The first-order valence-corrected chi connectivity index (χ1v) is 9.54. The molecule has 2 aromatic rings. The maximum absolute atomic E-state index is 12.9. The molecule has 5 nitrogen and oxygen atoms in total. The van der Waals surface area contributed by atoms with Gasteiger partial charge in [-0.3, -0.25) is 9.59 Å². The van der Waals surface area contributed by atoms with Crippen LogP contribution >= 0.6 is 22.9 Å². The van der Waals surface area contributed by atoms with Gasteiger partial charge in [0.15, 0.2) is 0 Å². The monoisotopic (exact) mass is 378 g/mol. The number of nitrogens with zero attached hydrogens (tertiary/aromatic N) is 2. The molecule has 0 bridgehead atoms. The molecule has 0 aliphatic carbocycles. The summed E-state index contributed by atoms with van der Waals surface area (Å²) in [5, 5.41) is 12.1. The number of carboxylic acid groups (broad SMARTS) is 1. The maximum Gasteiger partial charge on any atom is 0.303 e. The Bertz CT molecular complexity index is 777. The second-order valence-corrected chi connectivity index (χ2v) is 7.42. The summed E-state index contributed by atoms with van der Waals surface area (Å²) in [6.45, 7) is 0.660. The number of amides is 1. The number of carbonyl (C=O) groups excluding carboxylic acids is 1. The molecule has 1 aliphatic rings. The fraction of sp³-hybridized carbons (Fsp3) is 0.389. The summed E-state index contributed by atoms with van der Waals surface area (Å²) < 4.78 is 0. The van der Waals surface area contributed by atoms with E-state index in [4.69, 9.17) is 16.7 Å². The average Bonchev–Trinajstić information content (AvgIpc) is 3.10. The van der Waals surface area contributed by atoms with Crippen LogP contribution in [0.5, 0.6) is 0 Å². The molecule has 3 rings (SSSR count). The Balaban J connectivity index is 1.76. The van der Waals surface area contributed by atoms with Gasteiger partial charge in [0.25, 0.3) is 5.91 Å². The summed E-state index contributed by atoms with van der Waals surface area (Å²) in [5.41, 5.74) is 1.31. The molecule has 1 aromatic carbocycles. The minimum Gasteiger partial charge on any atom is -0.481 e. The van der Waals surface area contributed by atoms with Crippen molar-refractivity contribution in [2.24, 2.45) is 0 Å². The number of thiazole rings is 1. The first-order valence-electron chi connectivity index (χ1n) is 8.29. The number of aromatic nitrogens is 1. The Morgan fingerprint density at radius 1 is 1.36 bits per heavy atom. The molecule has 0 radical (unpaired) electrons. The Morgan fingerprint density at radius 3 is 2.96 bits per heavy atom. The lowest BCUT2D eigenvalue weighted by Crippen LogP contribution is -2.44. The van der Waals surface area contributed by atoms with Crippen molar-refractivity contribution in [3.8, 4) is 10.6 Å². The van der Waals surface area contributed by atoms with Crippen LogP contribution < -0.4 is 0 Å². The molecular formula is C18H19ClN2O3S. The van der Waals surface area contributed by atoms with E-state index in [1.807, 2.05) is 18.2 Å². The number of halogens is 1. The van der Waals surface area contributed by atoms with Crippen molar-refractivity contribution < 1.29 is 14.7 Å². The van der Waals surface area contributed by atoms with Crippen LogP contribution in [-0.2, 0) is 4.79 Å². The van der Waals surface area contributed by atoms with E-state index in [0.29, 0.717) is 23.7 Å². The number of carboxylic acids is 1. The average molecular weight is 379 g/mol. The summed E-state index contributed by atoms with van der Waals surface area (Å²) >= 11 is 7.43. The van der Waals surface area contributed by atoms with Crippen molar-refractivity contribution in [1.29, 1.82) is 0 Å². The minimum absolute atomic E-state index is 0.0198. The van der Waals surface area contributed by atoms with Gasteiger partial charge in [0.1, 0.15) is 10.7 Å². The smallest absolute Gasteiger partial charge is 0.303 e. The van der Waals surface area contributed by atoms with Crippen LogP contribution in [-0.4, -0.2) is 39.5 Å². The third-order valence-corrected chi connectivity index (χ3v) is 5.50. The normalized spacial score (nSPS) is 17.5. The van der Waals surface area contributed by atoms with Crippen molar-refractivity contribution in [2.75, 3.05) is 6.54 Å². The number of rotatable bonds is 5. The zero-order valence-corrected chi connectivity index (χ0v) is 15.2. The van der Waals surface area contributed by atoms with Crippen LogP contribution in [0, 0.1) is 0 Å². The summed E-state index contributed by atoms with van der Waals surface area (Å²) in [6.07, 6.45) is 3.40. The molecule has 1 unspecified atom stereocenters. The Morgan fingerprint density at radius 2 is 2.20 bits per heavy atom. The molecule has 1 atom stereocenters. The highest BCUT2D eigenvalue weighted by Crippen LogP contribution is 2.28. The lowest BCUT2D eigenvalue weighted by Gasteiger charge is -2.35. The molecule has 1 aliphatic heterocycles. The summed E-state index contributed by atoms with van der Waals surface area (Å²) in [7, 11) is 0. The SMILES string of the molecule is O=C(O)CCC1CCCCN1C(=O)c1csc(-c2cccc(Cl)c2)n1. The highest BCUT2D eigenvalue weighted by molar-refractivity contribution is 7.13. The molecule has 0 spiro atoms. The third kappa shape index (κ3) is 4.38. The lowest BCUT2D eigenvalue weighted by atomic mass is 9.97. The molecule has 2 heterocycles. The van der Waals surface area contributed by atoms with Crippen molar-refractivity contribution in [2.45, 2.75) is 38.1 Å². The van der Waals surface area contributed by atoms with Crippen molar-refractivity contribution in [3.63, 3.8) is 0 Å². The van der Waals surface area contributed by atoms with Gasteiger partial charge < -0.3 is 10.0 Å². The van der Waals surface area contributed by atoms with Gasteiger partial charge in [0.2, 0.25) is 0 Å². The Labute approximate surface area is 155 Å². The van der Waals surface area contributed by atoms with E-state index in [9.17, 15) is 9.59 Å². The van der Waals surface area contributed by atoms with Crippen LogP contribution in [0.4, 0.5) is 0 Å². The molecular weight excluding hydrogens is 360 g/mol. The molecule has 1 amide bonds. The zero-order chi connectivity index (χ0) is 17.8. The molecule has 1 fully saturated rings. The lowest BCUT2D eigenvalue weighted by molar-refractivity contribution is -0.137. The molecule has 1 N–H and O–H groups in total. The number of benzene rings is 1. The molecule has 1 saturated heterocycles. The summed E-state index contributed by atoms with van der Waals surface area (Å²) in [5.74, 6) is -0.936. The molecule has 1 aromatic heterocycles. The van der Waals surface area contributed by atoms with Gasteiger partial charge in [-0.15, -0.1) is 11.3 Å². The fourth-order valence-electron chi connectivity index (χ4n) is 3.13. The van der Waals surface area contributed by atoms with Gasteiger partial charge >= 0.3 is 5.97 Å². The molecule has 0 saturated carbocycles. The van der Waals surface area contributed by atoms with Crippen LogP contribution in [0.25, 0.3) is 10.6 Å². The Kier molecular flexibility index (Phi) is 5.71. The number of piperidine rings is 1. The number of carbonyl (C=O) groups is 2. The van der Waals surface area contributed by atoms with E-state index >= 15 is 0 Å². The van der Waals surface area contributed by atoms with E-state index in [-0.39, 0.29) is 18.4 Å². The van der Waals surface area contributed by atoms with E-state index in [2.05, 4.69) is 4.98 Å². The highest BCUT2D eigenvalue weighted by atomic mass is 35.5. The van der Waals surface area contributed by atoms with Gasteiger partial charge in [0.05, 0.1) is 0 Å².